The molecule has 0 aliphatic rings. The Labute approximate surface area is 895 Å². The summed E-state index contributed by atoms with van der Waals surface area (Å²) in [6.07, 6.45) is 21.8. The molecule has 0 aliphatic carbocycles. The maximum Gasteiger partial charge on any atom is 0.330 e. The number of benzene rings is 6. The minimum atomic E-state index is -4.27. The van der Waals surface area contributed by atoms with E-state index in [-0.39, 0.29) is 152 Å². The van der Waals surface area contributed by atoms with Gasteiger partial charge in [-0.15, -0.1) is 168 Å². The Balaban J connectivity index is 0.000000773. The zero-order valence-corrected chi connectivity index (χ0v) is 90.8. The number of halogens is 4. The van der Waals surface area contributed by atoms with Crippen molar-refractivity contribution in [1.82, 2.24) is 84.7 Å². The topological polar surface area (TPSA) is 545 Å². The fourth-order valence-electron chi connectivity index (χ4n) is 9.24. The predicted molar refractivity (Wildman–Crippen MR) is 484 cm³/mol. The third kappa shape index (κ3) is 50.5. The van der Waals surface area contributed by atoms with Crippen LogP contribution in [-0.4, -0.2) is 163 Å². The molecule has 750 valence electrons. The molecular weight excluding hydrogens is 3040 g/mol. The van der Waals surface area contributed by atoms with Crippen molar-refractivity contribution in [2.24, 2.45) is 0 Å². The first-order chi connectivity index (χ1) is 65.0. The van der Waals surface area contributed by atoms with Crippen LogP contribution in [0.25, 0.3) is 67.5 Å². The number of pyridine rings is 8. The average Bonchev–Trinajstić information content (AvgIpc) is 0.849. The van der Waals surface area contributed by atoms with E-state index in [4.69, 9.17) is 27.3 Å². The van der Waals surface area contributed by atoms with Gasteiger partial charge < -0.3 is 29.9 Å². The Bertz CT molecular complexity index is 6250. The quantitative estimate of drug-likeness (QED) is 0.0217. The summed E-state index contributed by atoms with van der Waals surface area (Å²) >= 11 is 0. The molecule has 51 heteroatoms. The van der Waals surface area contributed by atoms with Crippen LogP contribution in [-0.2, 0) is 181 Å². The van der Waals surface area contributed by atoms with Crippen molar-refractivity contribution in [3.05, 3.63) is 444 Å². The molecule has 12 heterocycles. The van der Waals surface area contributed by atoms with Crippen LogP contribution in [0, 0.1) is 59.7 Å². The van der Waals surface area contributed by atoms with Crippen molar-refractivity contribution in [2.75, 3.05) is 0 Å². The van der Waals surface area contributed by atoms with Crippen LogP contribution in [0.3, 0.4) is 0 Å². The van der Waals surface area contributed by atoms with E-state index in [1.807, 2.05) is 170 Å². The maximum atomic E-state index is 13.2. The molecule has 0 aliphatic heterocycles. The molecule has 18 rings (SSSR count). The Morgan fingerprint density at radius 1 is 0.211 bits per heavy atom. The third-order valence-corrected chi connectivity index (χ3v) is 19.5. The fraction of sp³-hybridized carbons (Fsp3) is 0. The van der Waals surface area contributed by atoms with Crippen LogP contribution < -0.4 is 0 Å². The van der Waals surface area contributed by atoms with E-state index in [1.54, 1.807) is 85.7 Å². The van der Waals surface area contributed by atoms with Gasteiger partial charge in [-0.3, -0.25) is 44.9 Å². The molecule has 18 aromatic rings. The van der Waals surface area contributed by atoms with Crippen LogP contribution >= 0.6 is 0 Å². The van der Waals surface area contributed by atoms with E-state index in [0.717, 1.165) is 107 Å². The first kappa shape index (κ1) is 128. The maximum absolute atomic E-state index is 13.2. The number of aromatic nitrogens is 17. The molecule has 0 saturated carbocycles. The number of rotatable bonds is 12. The SMILES string of the molecule is Fc1c[c-]c(-c2ccccn2)c(F)c1.Fc1c[c-]c(-c2ccccn2)c(F)c1.O=S(=O)(O)c1ccccn1.O=S(=O)(O)c1ccccn1.O=S(=O)(O)c1ccncn1.O=S(=O)(O)c1ccncn1.O=S(=O)(O)c1ncccn1.O=S(=O)(O)c1ncncn1.[Ir].[Ir].[Ir].[Ir].[Ir].[Ir].[c-]1ccccc1-c1ccccn1.[c-]1ccccc1-c1ccccn1.[c-]1ccccc1-c1ccccn1.[c-]1ccccc1-c1ccccn1. The summed E-state index contributed by atoms with van der Waals surface area (Å²) in [5.41, 5.74) is 9.31. The number of hydrogen-bond donors (Lipinski definition) is 6. The summed E-state index contributed by atoms with van der Waals surface area (Å²) in [6.45, 7) is 0. The second-order valence-electron chi connectivity index (χ2n) is 24.7. The largest absolute Gasteiger partial charge is 0.330 e. The molecule has 0 bridgehead atoms. The first-order valence-corrected chi connectivity index (χ1v) is 46.3. The molecule has 6 radical (unpaired) electrons. The van der Waals surface area contributed by atoms with Crippen molar-refractivity contribution in [3.8, 4) is 67.5 Å². The first-order valence-electron chi connectivity index (χ1n) is 37.7. The summed E-state index contributed by atoms with van der Waals surface area (Å²) in [7, 11) is -25.0. The normalized spacial score (nSPS) is 10.0. The molecule has 0 atom stereocenters. The Morgan fingerprint density at radius 2 is 0.444 bits per heavy atom. The van der Waals surface area contributed by atoms with Crippen molar-refractivity contribution in [2.45, 2.75) is 30.4 Å². The summed E-state index contributed by atoms with van der Waals surface area (Å²) in [4.78, 5) is 61.5. The van der Waals surface area contributed by atoms with E-state index in [0.29, 0.717) is 11.4 Å². The zero-order chi connectivity index (χ0) is 98.5. The molecule has 0 amide bonds. The molecule has 0 saturated heterocycles. The van der Waals surface area contributed by atoms with Gasteiger partial charge in [-0.2, -0.15) is 50.5 Å². The van der Waals surface area contributed by atoms with Crippen LogP contribution in [0.15, 0.2) is 415 Å². The van der Waals surface area contributed by atoms with Gasteiger partial charge in [0.1, 0.15) is 25.3 Å². The van der Waals surface area contributed by atoms with Gasteiger partial charge in [-0.05, 0) is 113 Å². The second-order valence-corrected chi connectivity index (χ2v) is 32.8. The molecule has 0 unspecified atom stereocenters. The summed E-state index contributed by atoms with van der Waals surface area (Å²) in [6, 6.07) is 98.5. The van der Waals surface area contributed by atoms with Gasteiger partial charge in [0.25, 0.3) is 10.3 Å². The van der Waals surface area contributed by atoms with Gasteiger partial charge in [-0.25, -0.2) is 54.8 Å². The monoisotopic (exact) mass is 3110 g/mol. The fourth-order valence-corrected chi connectivity index (χ4v) is 11.7. The van der Waals surface area contributed by atoms with E-state index in [1.165, 1.54) is 67.5 Å². The molecular formula is C91H69F4Ir6N17O18S6-6. The molecule has 6 N–H and O–H groups in total. The van der Waals surface area contributed by atoms with Gasteiger partial charge in [0, 0.05) is 218 Å². The minimum Gasteiger partial charge on any atom is -0.305 e. The van der Waals surface area contributed by atoms with E-state index in [9.17, 15) is 68.1 Å². The smallest absolute Gasteiger partial charge is 0.305 e. The zero-order valence-electron chi connectivity index (χ0n) is 71.5. The van der Waals surface area contributed by atoms with Crippen LogP contribution in [0.5, 0.6) is 0 Å². The standard InChI is InChI=1S/2C11H6F2N.4C11H8N.2C5H5NO3S.3C4H4N2O3S.C3H3N3O3S.6Ir/c2*12-8-4-5-9(10(13)7-8)11-3-1-2-6-14-11;4*1-2-6-10(7-3-1)11-8-4-5-9-12-11;2*7-10(8,9)5-3-1-2-4-6-5;2*7-10(8,9)4-1-2-5-3-6-4;7-10(8,9)4-5-2-1-3-6-4;7-10(8,9)3-5-1-4-2-6-3;;;;;;/h2*1-4,6-7H;4*1-6,8-9H;2*1-4H,(H,7,8,9);3*1-3H,(H,7,8,9);1-2H,(H,7,8,9);;;;;;/q6*-1;;;;;;;;;;;;. The predicted octanol–water partition coefficient (Wildman–Crippen LogP) is 14.8. The Kier molecular flexibility index (Phi) is 61.3. The molecule has 12 aromatic heterocycles. The molecule has 0 fully saturated rings. The van der Waals surface area contributed by atoms with Gasteiger partial charge in [0.15, 0.2) is 20.1 Å². The summed E-state index contributed by atoms with van der Waals surface area (Å²) in [5.74, 6) is -2.57. The van der Waals surface area contributed by atoms with Crippen molar-refractivity contribution in [1.29, 1.82) is 0 Å². The second kappa shape index (κ2) is 68.1. The van der Waals surface area contributed by atoms with E-state index >= 15 is 0 Å². The third-order valence-electron chi connectivity index (χ3n) is 15.1. The van der Waals surface area contributed by atoms with E-state index < -0.39 is 94.3 Å². The van der Waals surface area contributed by atoms with Crippen LogP contribution in [0.2, 0.25) is 0 Å². The van der Waals surface area contributed by atoms with Gasteiger partial charge >= 0.3 is 60.7 Å². The average molecular weight is 3110 g/mol. The molecule has 0 spiro atoms. The van der Waals surface area contributed by atoms with Crippen molar-refractivity contribution < 1.29 is 216 Å². The molecule has 142 heavy (non-hydrogen) atoms. The molecule has 35 nitrogen and oxygen atoms in total. The van der Waals surface area contributed by atoms with Crippen LogP contribution in [0.1, 0.15) is 0 Å². The Hall–Kier alpha value is -12.2. The van der Waals surface area contributed by atoms with Gasteiger partial charge in [-0.1, -0.05) is 108 Å². The van der Waals surface area contributed by atoms with Crippen molar-refractivity contribution in [3.63, 3.8) is 0 Å². The number of nitrogens with zero attached hydrogens (tertiary/aromatic N) is 17. The van der Waals surface area contributed by atoms with Gasteiger partial charge in [0.2, 0.25) is 0 Å². The van der Waals surface area contributed by atoms with Crippen molar-refractivity contribution >= 4 is 60.7 Å². The molecule has 6 aromatic carbocycles. The summed E-state index contributed by atoms with van der Waals surface area (Å²) < 4.78 is 225. The van der Waals surface area contributed by atoms with Crippen LogP contribution in [0.4, 0.5) is 17.6 Å². The van der Waals surface area contributed by atoms with E-state index in [2.05, 4.69) is 121 Å². The number of hydrogen-bond acceptors (Lipinski definition) is 29. The minimum absolute atomic E-state index is 0. The summed E-state index contributed by atoms with van der Waals surface area (Å²) in [5, 5.41) is -2.63. The Morgan fingerprint density at radius 3 is 0.627 bits per heavy atom. The van der Waals surface area contributed by atoms with Gasteiger partial charge in [0.05, 0.1) is 0 Å².